The van der Waals surface area contributed by atoms with E-state index in [1.807, 2.05) is 44.2 Å². The van der Waals surface area contributed by atoms with Crippen molar-refractivity contribution in [3.8, 4) is 5.75 Å². The van der Waals surface area contributed by atoms with Crippen molar-refractivity contribution < 1.29 is 19.1 Å². The van der Waals surface area contributed by atoms with Crippen LogP contribution in [-0.2, 0) is 20.9 Å². The zero-order valence-corrected chi connectivity index (χ0v) is 14.9. The van der Waals surface area contributed by atoms with Gasteiger partial charge >= 0.3 is 5.97 Å². The first-order chi connectivity index (χ1) is 11.9. The zero-order chi connectivity index (χ0) is 18.2. The van der Waals surface area contributed by atoms with E-state index in [2.05, 4.69) is 5.32 Å². The van der Waals surface area contributed by atoms with E-state index in [4.69, 9.17) is 21.1 Å². The third-order valence-electron chi connectivity index (χ3n) is 3.46. The molecular formula is C19H20ClNO4. The number of nitrogens with one attached hydrogen (secondary N) is 1. The van der Waals surface area contributed by atoms with Gasteiger partial charge in [-0.3, -0.25) is 4.79 Å². The summed E-state index contributed by atoms with van der Waals surface area (Å²) >= 11 is 5.79. The number of benzene rings is 2. The second-order valence-electron chi connectivity index (χ2n) is 5.62. The van der Waals surface area contributed by atoms with Gasteiger partial charge in [-0.05, 0) is 48.7 Å². The number of carbonyl (C=O) groups is 2. The molecule has 0 aliphatic rings. The largest absolute Gasteiger partial charge is 0.482 e. The van der Waals surface area contributed by atoms with Crippen LogP contribution in [0.15, 0.2) is 42.5 Å². The maximum Gasteiger partial charge on any atom is 0.344 e. The van der Waals surface area contributed by atoms with Crippen LogP contribution in [0, 0.1) is 13.8 Å². The molecule has 0 radical (unpaired) electrons. The van der Waals surface area contributed by atoms with Crippen molar-refractivity contribution in [3.63, 3.8) is 0 Å². The molecule has 132 valence electrons. The molecule has 0 unspecified atom stereocenters. The van der Waals surface area contributed by atoms with Crippen LogP contribution in [0.5, 0.6) is 5.75 Å². The number of hydrogen-bond donors (Lipinski definition) is 1. The monoisotopic (exact) mass is 361 g/mol. The number of esters is 1. The van der Waals surface area contributed by atoms with Gasteiger partial charge in [-0.25, -0.2) is 4.79 Å². The van der Waals surface area contributed by atoms with Crippen LogP contribution in [0.25, 0.3) is 0 Å². The molecule has 0 bridgehead atoms. The molecule has 0 aliphatic carbocycles. The molecule has 0 spiro atoms. The maximum atomic E-state index is 11.7. The number of ether oxygens (including phenoxy) is 2. The Labute approximate surface area is 151 Å². The molecule has 2 aromatic carbocycles. The van der Waals surface area contributed by atoms with Crippen LogP contribution in [-0.4, -0.2) is 25.1 Å². The Morgan fingerprint density at radius 3 is 2.48 bits per heavy atom. The predicted octanol–water partition coefficient (Wildman–Crippen LogP) is 3.20. The summed E-state index contributed by atoms with van der Waals surface area (Å²) in [7, 11) is 0. The molecule has 2 aromatic rings. The highest BCUT2D eigenvalue weighted by Gasteiger charge is 2.09. The second-order valence-corrected chi connectivity index (χ2v) is 6.06. The minimum atomic E-state index is -0.595. The third kappa shape index (κ3) is 6.47. The highest BCUT2D eigenvalue weighted by molar-refractivity contribution is 6.30. The van der Waals surface area contributed by atoms with Crippen molar-refractivity contribution in [1.82, 2.24) is 5.32 Å². The molecule has 2 rings (SSSR count). The van der Waals surface area contributed by atoms with E-state index in [0.29, 0.717) is 17.3 Å². The highest BCUT2D eigenvalue weighted by Crippen LogP contribution is 2.18. The third-order valence-corrected chi connectivity index (χ3v) is 3.71. The fraction of sp³-hybridized carbons (Fsp3) is 0.263. The summed E-state index contributed by atoms with van der Waals surface area (Å²) in [6.45, 7) is 3.59. The minimum Gasteiger partial charge on any atom is -0.482 e. The summed E-state index contributed by atoms with van der Waals surface area (Å²) in [5, 5.41) is 3.30. The van der Waals surface area contributed by atoms with E-state index in [-0.39, 0.29) is 19.1 Å². The number of halogens is 1. The zero-order valence-electron chi connectivity index (χ0n) is 14.2. The molecular weight excluding hydrogens is 342 g/mol. The van der Waals surface area contributed by atoms with Gasteiger partial charge in [0.2, 0.25) is 0 Å². The van der Waals surface area contributed by atoms with Gasteiger partial charge in [0.15, 0.2) is 13.2 Å². The van der Waals surface area contributed by atoms with E-state index >= 15 is 0 Å². The smallest absolute Gasteiger partial charge is 0.344 e. The molecule has 0 fully saturated rings. The Morgan fingerprint density at radius 2 is 1.76 bits per heavy atom. The normalized spacial score (nSPS) is 10.2. The lowest BCUT2D eigenvalue weighted by atomic mass is 10.1. The fourth-order valence-electron chi connectivity index (χ4n) is 2.04. The first-order valence-electron chi connectivity index (χ1n) is 7.81. The van der Waals surface area contributed by atoms with Gasteiger partial charge < -0.3 is 14.8 Å². The molecule has 0 saturated heterocycles. The van der Waals surface area contributed by atoms with E-state index in [0.717, 1.165) is 16.7 Å². The first kappa shape index (κ1) is 18.8. The lowest BCUT2D eigenvalue weighted by molar-refractivity contribution is -0.150. The summed E-state index contributed by atoms with van der Waals surface area (Å²) in [4.78, 5) is 23.4. The van der Waals surface area contributed by atoms with E-state index in [1.54, 1.807) is 12.1 Å². The molecule has 6 heteroatoms. The molecule has 0 aliphatic heterocycles. The Bertz CT molecular complexity index is 744. The minimum absolute atomic E-state index is 0.241. The first-order valence-corrected chi connectivity index (χ1v) is 8.18. The molecule has 5 nitrogen and oxygen atoms in total. The summed E-state index contributed by atoms with van der Waals surface area (Å²) in [6.07, 6.45) is 0. The van der Waals surface area contributed by atoms with Gasteiger partial charge in [-0.15, -0.1) is 0 Å². The Hall–Kier alpha value is -2.53. The molecule has 0 heterocycles. The average Bonchev–Trinajstić information content (AvgIpc) is 2.60. The van der Waals surface area contributed by atoms with Gasteiger partial charge in [0.25, 0.3) is 5.91 Å². The summed E-state index contributed by atoms with van der Waals surface area (Å²) in [5.41, 5.74) is 2.87. The molecule has 25 heavy (non-hydrogen) atoms. The highest BCUT2D eigenvalue weighted by atomic mass is 35.5. The predicted molar refractivity (Wildman–Crippen MR) is 95.7 cm³/mol. The standard InChI is InChI=1S/C19H20ClNO4/c1-13-3-4-14(2)17(9-13)24-12-19(23)25-11-18(22)21-10-15-5-7-16(20)8-6-15/h3-9H,10-12H2,1-2H3,(H,21,22). The SMILES string of the molecule is Cc1ccc(C)c(OCC(=O)OCC(=O)NCc2ccc(Cl)cc2)c1. The van der Waals surface area contributed by atoms with Crippen LogP contribution < -0.4 is 10.1 Å². The van der Waals surface area contributed by atoms with Gasteiger partial charge in [0, 0.05) is 11.6 Å². The lowest BCUT2D eigenvalue weighted by Gasteiger charge is -2.10. The number of hydrogen-bond acceptors (Lipinski definition) is 4. The van der Waals surface area contributed by atoms with Crippen molar-refractivity contribution in [3.05, 3.63) is 64.2 Å². The van der Waals surface area contributed by atoms with E-state index < -0.39 is 5.97 Å². The van der Waals surface area contributed by atoms with Crippen LogP contribution in [0.2, 0.25) is 5.02 Å². The Kier molecular flexibility index (Phi) is 6.83. The van der Waals surface area contributed by atoms with E-state index in [9.17, 15) is 9.59 Å². The van der Waals surface area contributed by atoms with Gasteiger partial charge in [0.05, 0.1) is 0 Å². The second kappa shape index (κ2) is 9.08. The number of amides is 1. The molecule has 0 atom stereocenters. The molecule has 0 aromatic heterocycles. The van der Waals surface area contributed by atoms with Crippen molar-refractivity contribution in [2.45, 2.75) is 20.4 Å². The summed E-state index contributed by atoms with van der Waals surface area (Å²) in [5.74, 6) is -0.346. The van der Waals surface area contributed by atoms with Crippen molar-refractivity contribution in [1.29, 1.82) is 0 Å². The van der Waals surface area contributed by atoms with E-state index in [1.165, 1.54) is 0 Å². The quantitative estimate of drug-likeness (QED) is 0.769. The summed E-state index contributed by atoms with van der Waals surface area (Å²) in [6, 6.07) is 12.8. The summed E-state index contributed by atoms with van der Waals surface area (Å²) < 4.78 is 10.3. The lowest BCUT2D eigenvalue weighted by Crippen LogP contribution is -2.29. The number of rotatable bonds is 7. The van der Waals surface area contributed by atoms with Gasteiger partial charge in [0.1, 0.15) is 5.75 Å². The molecule has 1 amide bonds. The van der Waals surface area contributed by atoms with Crippen molar-refractivity contribution in [2.75, 3.05) is 13.2 Å². The Morgan fingerprint density at radius 1 is 1.04 bits per heavy atom. The topological polar surface area (TPSA) is 64.6 Å². The van der Waals surface area contributed by atoms with Crippen LogP contribution in [0.4, 0.5) is 0 Å². The fourth-order valence-corrected chi connectivity index (χ4v) is 2.17. The average molecular weight is 362 g/mol. The Balaban J connectivity index is 1.69. The van der Waals surface area contributed by atoms with Crippen LogP contribution >= 0.6 is 11.6 Å². The van der Waals surface area contributed by atoms with Crippen LogP contribution in [0.1, 0.15) is 16.7 Å². The number of aryl methyl sites for hydroxylation is 2. The number of carbonyl (C=O) groups excluding carboxylic acids is 2. The van der Waals surface area contributed by atoms with Gasteiger partial charge in [-0.2, -0.15) is 0 Å². The van der Waals surface area contributed by atoms with Crippen LogP contribution in [0.3, 0.4) is 0 Å². The maximum absolute atomic E-state index is 11.7. The molecule has 1 N–H and O–H groups in total. The van der Waals surface area contributed by atoms with Gasteiger partial charge in [-0.1, -0.05) is 35.9 Å². The van der Waals surface area contributed by atoms with Crippen molar-refractivity contribution >= 4 is 23.5 Å². The van der Waals surface area contributed by atoms with Crippen molar-refractivity contribution in [2.24, 2.45) is 0 Å². The molecule has 0 saturated carbocycles.